The van der Waals surface area contributed by atoms with Crippen LogP contribution in [0.1, 0.15) is 12.5 Å². The van der Waals surface area contributed by atoms with E-state index in [2.05, 4.69) is 20.0 Å². The van der Waals surface area contributed by atoms with Crippen LogP contribution in [-0.2, 0) is 16.1 Å². The maximum absolute atomic E-state index is 13.4. The molecule has 0 bridgehead atoms. The molecule has 1 fully saturated rings. The number of aromatic nitrogens is 3. The monoisotopic (exact) mass is 450 g/mol. The van der Waals surface area contributed by atoms with Crippen LogP contribution in [0.4, 0.5) is 10.6 Å². The first-order chi connectivity index (χ1) is 16.0. The summed E-state index contributed by atoms with van der Waals surface area (Å²) < 4.78 is 6.29. The smallest absolute Gasteiger partial charge is 0.328 e. The second-order valence-corrected chi connectivity index (χ2v) is 7.83. The van der Waals surface area contributed by atoms with Crippen molar-refractivity contribution in [3.63, 3.8) is 0 Å². The standard InChI is InChI=1S/C23H26N6O4/c1-16(22(31)33-2)25-23(32)28-13-11-27(12-14-28)20-21(30)29(15-17-7-4-3-5-8-17)19-18(26-20)9-6-10-24-19/h3-10,16H,11-15H2,1-2H3,(H,25,32)/t16-/m0/s1. The number of ether oxygens (including phenoxy) is 1. The van der Waals surface area contributed by atoms with Gasteiger partial charge in [-0.15, -0.1) is 0 Å². The number of carbonyl (C=O) groups excluding carboxylic acids is 2. The van der Waals surface area contributed by atoms with Crippen molar-refractivity contribution >= 4 is 29.0 Å². The number of urea groups is 1. The lowest BCUT2D eigenvalue weighted by Gasteiger charge is -2.35. The van der Waals surface area contributed by atoms with E-state index in [0.717, 1.165) is 5.56 Å². The number of methoxy groups -OCH3 is 1. The number of hydrogen-bond donors (Lipinski definition) is 1. The number of nitrogens with zero attached hydrogens (tertiary/aromatic N) is 5. The molecule has 3 heterocycles. The number of benzene rings is 1. The molecule has 1 aliphatic rings. The van der Waals surface area contributed by atoms with E-state index >= 15 is 0 Å². The zero-order chi connectivity index (χ0) is 23.4. The number of pyridine rings is 1. The lowest BCUT2D eigenvalue weighted by molar-refractivity contribution is -0.142. The first kappa shape index (κ1) is 22.3. The van der Waals surface area contributed by atoms with Gasteiger partial charge in [-0.2, -0.15) is 0 Å². The third-order valence-electron chi connectivity index (χ3n) is 5.63. The Morgan fingerprint density at radius 2 is 1.82 bits per heavy atom. The molecule has 3 aromatic rings. The molecule has 0 spiro atoms. The van der Waals surface area contributed by atoms with Gasteiger partial charge in [0.1, 0.15) is 11.6 Å². The van der Waals surface area contributed by atoms with Gasteiger partial charge in [-0.25, -0.2) is 19.6 Å². The molecular formula is C23H26N6O4. The van der Waals surface area contributed by atoms with Gasteiger partial charge in [0.2, 0.25) is 0 Å². The third kappa shape index (κ3) is 4.79. The van der Waals surface area contributed by atoms with Gasteiger partial charge in [0.05, 0.1) is 13.7 Å². The van der Waals surface area contributed by atoms with E-state index in [1.54, 1.807) is 28.7 Å². The predicted octanol–water partition coefficient (Wildman–Crippen LogP) is 1.23. The number of amides is 2. The van der Waals surface area contributed by atoms with Crippen molar-refractivity contribution in [3.05, 3.63) is 64.6 Å². The Balaban J connectivity index is 1.55. The highest BCUT2D eigenvalue weighted by atomic mass is 16.5. The second kappa shape index (κ2) is 9.68. The van der Waals surface area contributed by atoms with Crippen LogP contribution in [0, 0.1) is 0 Å². The van der Waals surface area contributed by atoms with E-state index < -0.39 is 12.0 Å². The number of piperazine rings is 1. The number of nitrogens with one attached hydrogen (secondary N) is 1. The fourth-order valence-electron chi connectivity index (χ4n) is 3.81. The summed E-state index contributed by atoms with van der Waals surface area (Å²) in [6.07, 6.45) is 1.65. The SMILES string of the molecule is COC(=O)[C@H](C)NC(=O)N1CCN(c2nc3cccnc3n(Cc3ccccc3)c2=O)CC1. The van der Waals surface area contributed by atoms with E-state index in [1.807, 2.05) is 41.3 Å². The molecule has 1 saturated heterocycles. The molecule has 0 saturated carbocycles. The summed E-state index contributed by atoms with van der Waals surface area (Å²) in [5.41, 5.74) is 1.94. The Morgan fingerprint density at radius 3 is 2.52 bits per heavy atom. The van der Waals surface area contributed by atoms with Gasteiger partial charge in [-0.1, -0.05) is 30.3 Å². The van der Waals surface area contributed by atoms with E-state index in [-0.39, 0.29) is 11.6 Å². The Bertz CT molecular complexity index is 1200. The Kier molecular flexibility index (Phi) is 6.53. The minimum atomic E-state index is -0.736. The topological polar surface area (TPSA) is 110 Å². The summed E-state index contributed by atoms with van der Waals surface area (Å²) in [6.45, 7) is 3.63. The van der Waals surface area contributed by atoms with Gasteiger partial charge < -0.3 is 19.9 Å². The normalized spacial score (nSPS) is 14.7. The summed E-state index contributed by atoms with van der Waals surface area (Å²) in [7, 11) is 1.28. The maximum atomic E-state index is 13.4. The highest BCUT2D eigenvalue weighted by Gasteiger charge is 2.27. The summed E-state index contributed by atoms with van der Waals surface area (Å²) in [5.74, 6) is -0.163. The summed E-state index contributed by atoms with van der Waals surface area (Å²) >= 11 is 0. The van der Waals surface area contributed by atoms with E-state index in [1.165, 1.54) is 7.11 Å². The minimum Gasteiger partial charge on any atom is -0.467 e. The van der Waals surface area contributed by atoms with Crippen LogP contribution in [0.2, 0.25) is 0 Å². The average molecular weight is 450 g/mol. The average Bonchev–Trinajstić information content (AvgIpc) is 2.85. The van der Waals surface area contributed by atoms with Crippen molar-refractivity contribution < 1.29 is 14.3 Å². The van der Waals surface area contributed by atoms with Gasteiger partial charge in [-0.3, -0.25) is 9.36 Å². The van der Waals surface area contributed by atoms with E-state index in [4.69, 9.17) is 0 Å². The molecule has 1 N–H and O–H groups in total. The first-order valence-electron chi connectivity index (χ1n) is 10.8. The van der Waals surface area contributed by atoms with Crippen LogP contribution in [0.5, 0.6) is 0 Å². The zero-order valence-corrected chi connectivity index (χ0v) is 18.6. The summed E-state index contributed by atoms with van der Waals surface area (Å²) in [6, 6.07) is 12.3. The number of anilines is 1. The molecule has 1 aliphatic heterocycles. The Morgan fingerprint density at radius 1 is 1.09 bits per heavy atom. The van der Waals surface area contributed by atoms with Crippen molar-refractivity contribution in [1.29, 1.82) is 0 Å². The summed E-state index contributed by atoms with van der Waals surface area (Å²) in [4.78, 5) is 50.0. The molecule has 1 atom stereocenters. The number of rotatable bonds is 5. The van der Waals surface area contributed by atoms with E-state index in [9.17, 15) is 14.4 Å². The van der Waals surface area contributed by atoms with Crippen LogP contribution in [0.3, 0.4) is 0 Å². The van der Waals surface area contributed by atoms with Gasteiger partial charge in [0.15, 0.2) is 11.5 Å². The number of hydrogen-bond acceptors (Lipinski definition) is 7. The van der Waals surface area contributed by atoms with Gasteiger partial charge in [0.25, 0.3) is 5.56 Å². The van der Waals surface area contributed by atoms with Crippen LogP contribution in [0.25, 0.3) is 11.2 Å². The zero-order valence-electron chi connectivity index (χ0n) is 18.6. The molecule has 10 nitrogen and oxygen atoms in total. The van der Waals surface area contributed by atoms with Crippen molar-refractivity contribution in [2.75, 3.05) is 38.2 Å². The van der Waals surface area contributed by atoms with Crippen LogP contribution < -0.4 is 15.8 Å². The number of fused-ring (bicyclic) bond motifs is 1. The van der Waals surface area contributed by atoms with Crippen LogP contribution in [-0.4, -0.2) is 70.8 Å². The quantitative estimate of drug-likeness (QED) is 0.582. The van der Waals surface area contributed by atoms with Crippen LogP contribution >= 0.6 is 0 Å². The number of esters is 1. The highest BCUT2D eigenvalue weighted by molar-refractivity contribution is 5.83. The molecule has 4 rings (SSSR count). The highest BCUT2D eigenvalue weighted by Crippen LogP contribution is 2.16. The Hall–Kier alpha value is -3.95. The molecule has 2 aromatic heterocycles. The Labute approximate surface area is 190 Å². The maximum Gasteiger partial charge on any atom is 0.328 e. The number of carbonyl (C=O) groups is 2. The summed E-state index contributed by atoms with van der Waals surface area (Å²) in [5, 5.41) is 2.63. The first-order valence-corrected chi connectivity index (χ1v) is 10.8. The second-order valence-electron chi connectivity index (χ2n) is 7.83. The van der Waals surface area contributed by atoms with Gasteiger partial charge in [0, 0.05) is 32.4 Å². The molecule has 1 aromatic carbocycles. The fourth-order valence-corrected chi connectivity index (χ4v) is 3.81. The molecule has 0 aliphatic carbocycles. The third-order valence-corrected chi connectivity index (χ3v) is 5.63. The predicted molar refractivity (Wildman–Crippen MR) is 123 cm³/mol. The van der Waals surface area contributed by atoms with Crippen molar-refractivity contribution in [1.82, 2.24) is 24.8 Å². The molecule has 2 amide bonds. The lowest BCUT2D eigenvalue weighted by Crippen LogP contribution is -2.55. The lowest BCUT2D eigenvalue weighted by atomic mass is 10.2. The molecule has 0 radical (unpaired) electrons. The fraction of sp³-hybridized carbons (Fsp3) is 0.348. The molecular weight excluding hydrogens is 424 g/mol. The van der Waals surface area contributed by atoms with Gasteiger partial charge in [-0.05, 0) is 24.6 Å². The largest absolute Gasteiger partial charge is 0.467 e. The molecule has 33 heavy (non-hydrogen) atoms. The molecule has 0 unspecified atom stereocenters. The molecule has 172 valence electrons. The van der Waals surface area contributed by atoms with Gasteiger partial charge >= 0.3 is 12.0 Å². The molecule has 10 heteroatoms. The van der Waals surface area contributed by atoms with Crippen LogP contribution in [0.15, 0.2) is 53.5 Å². The minimum absolute atomic E-state index is 0.220. The van der Waals surface area contributed by atoms with Crippen molar-refractivity contribution in [2.45, 2.75) is 19.5 Å². The van der Waals surface area contributed by atoms with Crippen molar-refractivity contribution in [3.8, 4) is 0 Å². The van der Waals surface area contributed by atoms with Crippen molar-refractivity contribution in [2.24, 2.45) is 0 Å². The van der Waals surface area contributed by atoms with E-state index in [0.29, 0.717) is 49.7 Å².